The molecule has 0 unspecified atom stereocenters. The lowest BCUT2D eigenvalue weighted by molar-refractivity contribution is -0.155. The first kappa shape index (κ1) is 21.0. The fraction of sp³-hybridized carbons (Fsp3) is 0.286. The van der Waals surface area contributed by atoms with Crippen LogP contribution in [0.3, 0.4) is 0 Å². The lowest BCUT2D eigenvalue weighted by atomic mass is 10.1. The molecule has 0 aliphatic rings. The summed E-state index contributed by atoms with van der Waals surface area (Å²) >= 11 is 0. The van der Waals surface area contributed by atoms with Crippen molar-refractivity contribution in [3.63, 3.8) is 0 Å². The van der Waals surface area contributed by atoms with Gasteiger partial charge >= 0.3 is 5.97 Å². The molecule has 0 fully saturated rings. The van der Waals surface area contributed by atoms with Gasteiger partial charge in [0.1, 0.15) is 5.75 Å². The third kappa shape index (κ3) is 6.12. The SMILES string of the molecule is CC(=O)Nc1ccc(NC(=O)[C@H](C)OC(=O)COc2cccc(C)c2C)cc1. The van der Waals surface area contributed by atoms with E-state index in [0.29, 0.717) is 17.1 Å². The van der Waals surface area contributed by atoms with Crippen LogP contribution in [0.4, 0.5) is 11.4 Å². The quantitative estimate of drug-likeness (QED) is 0.715. The zero-order chi connectivity index (χ0) is 20.7. The van der Waals surface area contributed by atoms with E-state index in [-0.39, 0.29) is 12.5 Å². The number of amides is 2. The number of rotatable bonds is 7. The largest absolute Gasteiger partial charge is 0.482 e. The number of ether oxygens (including phenoxy) is 2. The highest BCUT2D eigenvalue weighted by atomic mass is 16.6. The number of nitrogens with one attached hydrogen (secondary N) is 2. The van der Waals surface area contributed by atoms with Crippen LogP contribution in [0.2, 0.25) is 0 Å². The first-order valence-electron chi connectivity index (χ1n) is 8.83. The van der Waals surface area contributed by atoms with Crippen molar-refractivity contribution in [1.82, 2.24) is 0 Å². The van der Waals surface area contributed by atoms with Crippen LogP contribution < -0.4 is 15.4 Å². The minimum absolute atomic E-state index is 0.180. The van der Waals surface area contributed by atoms with E-state index >= 15 is 0 Å². The van der Waals surface area contributed by atoms with Crippen molar-refractivity contribution < 1.29 is 23.9 Å². The third-order valence-corrected chi connectivity index (χ3v) is 4.05. The van der Waals surface area contributed by atoms with E-state index in [1.165, 1.54) is 13.8 Å². The highest BCUT2D eigenvalue weighted by Crippen LogP contribution is 2.20. The Hall–Kier alpha value is -3.35. The van der Waals surface area contributed by atoms with Gasteiger partial charge in [-0.05, 0) is 62.2 Å². The van der Waals surface area contributed by atoms with Crippen molar-refractivity contribution in [1.29, 1.82) is 0 Å². The van der Waals surface area contributed by atoms with Crippen molar-refractivity contribution >= 4 is 29.2 Å². The Balaban J connectivity index is 1.83. The third-order valence-electron chi connectivity index (χ3n) is 4.05. The number of hydrogen-bond acceptors (Lipinski definition) is 5. The maximum absolute atomic E-state index is 12.2. The van der Waals surface area contributed by atoms with E-state index in [1.54, 1.807) is 30.3 Å². The number of benzene rings is 2. The van der Waals surface area contributed by atoms with Crippen LogP contribution in [0.5, 0.6) is 5.75 Å². The molecule has 0 heterocycles. The van der Waals surface area contributed by atoms with Crippen molar-refractivity contribution in [2.45, 2.75) is 33.8 Å². The van der Waals surface area contributed by atoms with Gasteiger partial charge in [0, 0.05) is 18.3 Å². The Morgan fingerprint density at radius 1 is 0.964 bits per heavy atom. The molecule has 0 aromatic heterocycles. The lowest BCUT2D eigenvalue weighted by Crippen LogP contribution is -2.31. The van der Waals surface area contributed by atoms with Gasteiger partial charge in [-0.2, -0.15) is 0 Å². The van der Waals surface area contributed by atoms with Gasteiger partial charge in [-0.25, -0.2) is 4.79 Å². The molecule has 2 aromatic carbocycles. The Kier molecular flexibility index (Phi) is 7.14. The minimum Gasteiger partial charge on any atom is -0.482 e. The molecule has 1 atom stereocenters. The lowest BCUT2D eigenvalue weighted by Gasteiger charge is -2.15. The number of aryl methyl sites for hydroxylation is 1. The first-order valence-corrected chi connectivity index (χ1v) is 8.83. The fourth-order valence-electron chi connectivity index (χ4n) is 2.39. The molecular weight excluding hydrogens is 360 g/mol. The molecule has 0 radical (unpaired) electrons. The zero-order valence-electron chi connectivity index (χ0n) is 16.4. The molecule has 2 N–H and O–H groups in total. The molecule has 0 aliphatic heterocycles. The second-order valence-electron chi connectivity index (χ2n) is 6.37. The van der Waals surface area contributed by atoms with Crippen molar-refractivity contribution in [3.05, 3.63) is 53.6 Å². The summed E-state index contributed by atoms with van der Waals surface area (Å²) in [5.41, 5.74) is 3.15. The molecule has 28 heavy (non-hydrogen) atoms. The predicted octanol–water partition coefficient (Wildman–Crippen LogP) is 3.21. The second-order valence-corrected chi connectivity index (χ2v) is 6.37. The topological polar surface area (TPSA) is 93.7 Å². The van der Waals surface area contributed by atoms with Crippen LogP contribution in [0.25, 0.3) is 0 Å². The number of hydrogen-bond donors (Lipinski definition) is 2. The number of esters is 1. The molecule has 0 bridgehead atoms. The number of carbonyl (C=O) groups is 3. The Bertz CT molecular complexity index is 862. The summed E-state index contributed by atoms with van der Waals surface area (Å²) in [5, 5.41) is 5.28. The van der Waals surface area contributed by atoms with E-state index in [0.717, 1.165) is 11.1 Å². The summed E-state index contributed by atoms with van der Waals surface area (Å²) in [7, 11) is 0. The fourth-order valence-corrected chi connectivity index (χ4v) is 2.39. The van der Waals surface area contributed by atoms with E-state index in [1.807, 2.05) is 26.0 Å². The monoisotopic (exact) mass is 384 g/mol. The van der Waals surface area contributed by atoms with Gasteiger partial charge in [-0.3, -0.25) is 9.59 Å². The van der Waals surface area contributed by atoms with Crippen molar-refractivity contribution in [2.75, 3.05) is 17.2 Å². The summed E-state index contributed by atoms with van der Waals surface area (Å²) in [6.45, 7) is 6.47. The van der Waals surface area contributed by atoms with Crippen LogP contribution >= 0.6 is 0 Å². The summed E-state index contributed by atoms with van der Waals surface area (Å²) in [4.78, 5) is 35.2. The van der Waals surface area contributed by atoms with Gasteiger partial charge in [-0.1, -0.05) is 12.1 Å². The summed E-state index contributed by atoms with van der Waals surface area (Å²) in [6.07, 6.45) is -0.982. The molecule has 2 amide bonds. The van der Waals surface area contributed by atoms with Gasteiger partial charge in [0.25, 0.3) is 5.91 Å². The summed E-state index contributed by atoms with van der Waals surface area (Å²) in [5.74, 6) is -0.675. The molecule has 2 rings (SSSR count). The molecular formula is C21H24N2O5. The highest BCUT2D eigenvalue weighted by molar-refractivity contribution is 5.95. The van der Waals surface area contributed by atoms with Crippen molar-refractivity contribution in [3.8, 4) is 5.75 Å². The molecule has 0 saturated carbocycles. The Labute approximate surface area is 164 Å². The highest BCUT2D eigenvalue weighted by Gasteiger charge is 2.18. The van der Waals surface area contributed by atoms with E-state index < -0.39 is 18.0 Å². The normalized spacial score (nSPS) is 11.3. The Morgan fingerprint density at radius 2 is 1.57 bits per heavy atom. The molecule has 7 nitrogen and oxygen atoms in total. The maximum Gasteiger partial charge on any atom is 0.344 e. The van der Waals surface area contributed by atoms with Crippen molar-refractivity contribution in [2.24, 2.45) is 0 Å². The van der Waals surface area contributed by atoms with Crippen LogP contribution in [-0.2, 0) is 19.1 Å². The van der Waals surface area contributed by atoms with Gasteiger partial charge in [-0.15, -0.1) is 0 Å². The number of anilines is 2. The molecule has 2 aromatic rings. The number of carbonyl (C=O) groups excluding carboxylic acids is 3. The Morgan fingerprint density at radius 3 is 2.18 bits per heavy atom. The maximum atomic E-state index is 12.2. The van der Waals surface area contributed by atoms with E-state index in [9.17, 15) is 14.4 Å². The van der Waals surface area contributed by atoms with Crippen LogP contribution in [0, 0.1) is 13.8 Å². The molecule has 148 valence electrons. The van der Waals surface area contributed by atoms with Gasteiger partial charge in [0.05, 0.1) is 0 Å². The average molecular weight is 384 g/mol. The molecule has 0 spiro atoms. The standard InChI is InChI=1S/C21H24N2O5/c1-13-6-5-7-19(14(13)2)27-12-20(25)28-15(3)21(26)23-18-10-8-17(9-11-18)22-16(4)24/h5-11,15H,12H2,1-4H3,(H,22,24)(H,23,26)/t15-/m0/s1. The zero-order valence-corrected chi connectivity index (χ0v) is 16.4. The van der Waals surface area contributed by atoms with Crippen LogP contribution in [-0.4, -0.2) is 30.5 Å². The van der Waals surface area contributed by atoms with Crippen LogP contribution in [0.15, 0.2) is 42.5 Å². The van der Waals surface area contributed by atoms with E-state index in [2.05, 4.69) is 10.6 Å². The molecule has 7 heteroatoms. The average Bonchev–Trinajstić information content (AvgIpc) is 2.64. The van der Waals surface area contributed by atoms with Gasteiger partial charge in [0.2, 0.25) is 5.91 Å². The summed E-state index contributed by atoms with van der Waals surface area (Å²) < 4.78 is 10.6. The van der Waals surface area contributed by atoms with Gasteiger partial charge < -0.3 is 20.1 Å². The summed E-state index contributed by atoms with van der Waals surface area (Å²) in [6, 6.07) is 12.2. The predicted molar refractivity (Wildman–Crippen MR) is 106 cm³/mol. The van der Waals surface area contributed by atoms with Gasteiger partial charge in [0.15, 0.2) is 12.7 Å². The van der Waals surface area contributed by atoms with E-state index in [4.69, 9.17) is 9.47 Å². The first-order chi connectivity index (χ1) is 13.3. The smallest absolute Gasteiger partial charge is 0.344 e. The molecule has 0 saturated heterocycles. The minimum atomic E-state index is -0.982. The molecule has 0 aliphatic carbocycles. The second kappa shape index (κ2) is 9.55. The van der Waals surface area contributed by atoms with Crippen LogP contribution in [0.1, 0.15) is 25.0 Å².